The molecule has 0 saturated heterocycles. The molecule has 0 fully saturated rings. The number of aryl methyl sites for hydroxylation is 2. The van der Waals surface area contributed by atoms with Crippen LogP contribution in [0.3, 0.4) is 0 Å². The quantitative estimate of drug-likeness (QED) is 0.725. The number of hydrogen-bond acceptors (Lipinski definition) is 6. The Morgan fingerprint density at radius 3 is 2.11 bits per heavy atom. The maximum Gasteiger partial charge on any atom is 0.231 e. The van der Waals surface area contributed by atoms with Gasteiger partial charge in [-0.05, 0) is 68.3 Å². The molecule has 2 aromatic rings. The maximum atomic E-state index is 9.18. The fourth-order valence-corrected chi connectivity index (χ4v) is 3.04. The van der Waals surface area contributed by atoms with Crippen LogP contribution in [-0.2, 0) is 0 Å². The van der Waals surface area contributed by atoms with Crippen molar-refractivity contribution in [2.75, 3.05) is 10.6 Å². The lowest BCUT2D eigenvalue weighted by Gasteiger charge is -2.37. The minimum atomic E-state index is -0.886. The molecule has 134 valence electrons. The van der Waals surface area contributed by atoms with Gasteiger partial charge in [0.25, 0.3) is 0 Å². The second kappa shape index (κ2) is 7.23. The second-order valence-corrected chi connectivity index (χ2v) is 6.50. The zero-order chi connectivity index (χ0) is 19.4. The first-order valence-corrected chi connectivity index (χ1v) is 8.52. The molecule has 1 aliphatic heterocycles. The molecule has 1 unspecified atom stereocenters. The van der Waals surface area contributed by atoms with Crippen molar-refractivity contribution < 1.29 is 0 Å². The Hall–Kier alpha value is -3.77. The van der Waals surface area contributed by atoms with Crippen molar-refractivity contribution in [3.63, 3.8) is 0 Å². The molecule has 1 atom stereocenters. The van der Waals surface area contributed by atoms with Crippen molar-refractivity contribution in [1.82, 2.24) is 5.32 Å². The van der Waals surface area contributed by atoms with E-state index in [1.165, 1.54) is 0 Å². The standard InChI is InChI=1S/C21H20N6/c1-14-8-18(11-23)9-15(2)20(14)27-21(16(3)12-24-13-25-21)26-19-6-4-17(10-22)5-7-19/h4-9,12-13,26-27H,1-3H3,(H,24,25). The first-order chi connectivity index (χ1) is 13.0. The number of aliphatic imine (C=N–C) groups is 1. The van der Waals surface area contributed by atoms with E-state index < -0.39 is 5.79 Å². The molecule has 27 heavy (non-hydrogen) atoms. The van der Waals surface area contributed by atoms with Gasteiger partial charge in [-0.3, -0.25) is 0 Å². The maximum absolute atomic E-state index is 9.18. The lowest BCUT2D eigenvalue weighted by Crippen LogP contribution is -2.48. The van der Waals surface area contributed by atoms with E-state index in [2.05, 4.69) is 33.1 Å². The van der Waals surface area contributed by atoms with Crippen LogP contribution in [0.4, 0.5) is 11.4 Å². The van der Waals surface area contributed by atoms with Crippen LogP contribution in [-0.4, -0.2) is 12.1 Å². The van der Waals surface area contributed by atoms with Crippen molar-refractivity contribution in [3.05, 3.63) is 70.4 Å². The highest BCUT2D eigenvalue weighted by molar-refractivity contribution is 5.69. The summed E-state index contributed by atoms with van der Waals surface area (Å²) in [5.41, 5.74) is 5.85. The predicted octanol–water partition coefficient (Wildman–Crippen LogP) is 3.76. The number of nitrogens with zero attached hydrogens (tertiary/aromatic N) is 3. The summed E-state index contributed by atoms with van der Waals surface area (Å²) in [4.78, 5) is 4.64. The average Bonchev–Trinajstić information content (AvgIpc) is 2.67. The Morgan fingerprint density at radius 1 is 0.926 bits per heavy atom. The van der Waals surface area contributed by atoms with Crippen LogP contribution in [0.5, 0.6) is 0 Å². The lowest BCUT2D eigenvalue weighted by molar-refractivity contribution is 0.635. The van der Waals surface area contributed by atoms with Gasteiger partial charge in [0.15, 0.2) is 0 Å². The Morgan fingerprint density at radius 2 is 1.56 bits per heavy atom. The molecule has 3 rings (SSSR count). The summed E-state index contributed by atoms with van der Waals surface area (Å²) in [6.07, 6.45) is 3.51. The molecule has 1 heterocycles. The minimum Gasteiger partial charge on any atom is -0.353 e. The number of benzene rings is 2. The lowest BCUT2D eigenvalue weighted by atomic mass is 10.0. The number of hydrogen-bond donors (Lipinski definition) is 3. The van der Waals surface area contributed by atoms with Crippen molar-refractivity contribution in [2.24, 2.45) is 4.99 Å². The monoisotopic (exact) mass is 356 g/mol. The van der Waals surface area contributed by atoms with Crippen LogP contribution in [0.25, 0.3) is 0 Å². The third-order valence-electron chi connectivity index (χ3n) is 4.51. The first kappa shape index (κ1) is 18.0. The summed E-state index contributed by atoms with van der Waals surface area (Å²) < 4.78 is 0. The molecule has 0 bridgehead atoms. The average molecular weight is 356 g/mol. The normalized spacial score (nSPS) is 17.9. The van der Waals surface area contributed by atoms with E-state index in [1.807, 2.05) is 51.2 Å². The number of rotatable bonds is 4. The molecule has 0 amide bonds. The van der Waals surface area contributed by atoms with E-state index in [0.717, 1.165) is 28.1 Å². The third kappa shape index (κ3) is 3.61. The number of anilines is 2. The van der Waals surface area contributed by atoms with E-state index in [9.17, 15) is 5.26 Å². The molecule has 6 nitrogen and oxygen atoms in total. The van der Waals surface area contributed by atoms with Crippen molar-refractivity contribution >= 4 is 17.7 Å². The van der Waals surface area contributed by atoms with Gasteiger partial charge in [-0.25, -0.2) is 4.99 Å². The SMILES string of the molecule is CC1=CNC=NC1(Nc1ccc(C#N)cc1)Nc1c(C)cc(C#N)cc1C. The van der Waals surface area contributed by atoms with Gasteiger partial charge in [0, 0.05) is 23.1 Å². The van der Waals surface area contributed by atoms with Gasteiger partial charge in [-0.1, -0.05) is 0 Å². The highest BCUT2D eigenvalue weighted by Crippen LogP contribution is 2.31. The van der Waals surface area contributed by atoms with E-state index >= 15 is 0 Å². The van der Waals surface area contributed by atoms with Gasteiger partial charge >= 0.3 is 0 Å². The molecule has 0 radical (unpaired) electrons. The molecule has 2 aromatic carbocycles. The van der Waals surface area contributed by atoms with Gasteiger partial charge in [0.1, 0.15) is 0 Å². The van der Waals surface area contributed by atoms with Crippen LogP contribution in [0.1, 0.15) is 29.2 Å². The Balaban J connectivity index is 2.01. The van der Waals surface area contributed by atoms with Crippen molar-refractivity contribution in [1.29, 1.82) is 10.5 Å². The summed E-state index contributed by atoms with van der Waals surface area (Å²) in [6.45, 7) is 5.91. The molecule has 0 aromatic heterocycles. The smallest absolute Gasteiger partial charge is 0.231 e. The molecule has 0 spiro atoms. The van der Waals surface area contributed by atoms with Gasteiger partial charge < -0.3 is 16.0 Å². The highest BCUT2D eigenvalue weighted by Gasteiger charge is 2.33. The largest absolute Gasteiger partial charge is 0.353 e. The van der Waals surface area contributed by atoms with Crippen molar-refractivity contribution in [3.8, 4) is 12.1 Å². The van der Waals surface area contributed by atoms with Gasteiger partial charge in [-0.2, -0.15) is 10.5 Å². The van der Waals surface area contributed by atoms with Crippen LogP contribution >= 0.6 is 0 Å². The number of nitriles is 2. The van der Waals surface area contributed by atoms with Crippen LogP contribution in [0.2, 0.25) is 0 Å². The first-order valence-electron chi connectivity index (χ1n) is 8.52. The van der Waals surface area contributed by atoms with Crippen LogP contribution in [0.15, 0.2) is 53.2 Å². The van der Waals surface area contributed by atoms with Gasteiger partial charge in [0.05, 0.1) is 29.6 Å². The second-order valence-electron chi connectivity index (χ2n) is 6.50. The zero-order valence-electron chi connectivity index (χ0n) is 15.5. The van der Waals surface area contributed by atoms with Gasteiger partial charge in [-0.15, -0.1) is 0 Å². The zero-order valence-corrected chi connectivity index (χ0v) is 15.5. The van der Waals surface area contributed by atoms with E-state index in [0.29, 0.717) is 11.1 Å². The molecule has 3 N–H and O–H groups in total. The van der Waals surface area contributed by atoms with Crippen LogP contribution < -0.4 is 16.0 Å². The molecule has 0 saturated carbocycles. The van der Waals surface area contributed by atoms with Gasteiger partial charge in [0.2, 0.25) is 5.79 Å². The fourth-order valence-electron chi connectivity index (χ4n) is 3.04. The molecule has 6 heteroatoms. The predicted molar refractivity (Wildman–Crippen MR) is 107 cm³/mol. The van der Waals surface area contributed by atoms with E-state index in [4.69, 9.17) is 5.26 Å². The molecular formula is C21H20N6. The van der Waals surface area contributed by atoms with E-state index in [1.54, 1.807) is 18.5 Å². The summed E-state index contributed by atoms with van der Waals surface area (Å²) in [6, 6.07) is 15.2. The highest BCUT2D eigenvalue weighted by atomic mass is 15.3. The van der Waals surface area contributed by atoms with E-state index in [-0.39, 0.29) is 0 Å². The fraction of sp³-hybridized carbons (Fsp3) is 0.190. The summed E-state index contributed by atoms with van der Waals surface area (Å²) in [7, 11) is 0. The third-order valence-corrected chi connectivity index (χ3v) is 4.51. The number of nitrogens with one attached hydrogen (secondary N) is 3. The van der Waals surface area contributed by atoms with Crippen molar-refractivity contribution in [2.45, 2.75) is 26.6 Å². The Bertz CT molecular complexity index is 981. The summed E-state index contributed by atoms with van der Waals surface area (Å²) in [5, 5.41) is 28.1. The Kier molecular flexibility index (Phi) is 4.83. The summed E-state index contributed by atoms with van der Waals surface area (Å²) in [5.74, 6) is -0.886. The van der Waals surface area contributed by atoms with Crippen LogP contribution in [0, 0.1) is 36.5 Å². The molecule has 1 aliphatic rings. The topological polar surface area (TPSA) is 96.0 Å². The summed E-state index contributed by atoms with van der Waals surface area (Å²) >= 11 is 0. The molecular weight excluding hydrogens is 336 g/mol. The Labute approximate surface area is 158 Å². The minimum absolute atomic E-state index is 0.599. The molecule has 0 aliphatic carbocycles.